The second kappa shape index (κ2) is 7.55. The van der Waals surface area contributed by atoms with E-state index in [4.69, 9.17) is 9.84 Å². The minimum absolute atomic E-state index is 0.251. The highest BCUT2D eigenvalue weighted by Crippen LogP contribution is 2.26. The standard InChI is InChI=1S/C18H24N2O4/c21-17(22)13-5-4-10-20(12-13)18(23)19-14-6-3-9-16(11-14)24-15-7-1-2-8-15/h3,6,9,11,13,15H,1-2,4-5,7-8,10,12H2,(H,19,23)(H,21,22). The van der Waals surface area contributed by atoms with Crippen molar-refractivity contribution in [1.29, 1.82) is 0 Å². The number of piperidine rings is 1. The van der Waals surface area contributed by atoms with E-state index < -0.39 is 11.9 Å². The van der Waals surface area contributed by atoms with Crippen LogP contribution in [-0.2, 0) is 4.79 Å². The lowest BCUT2D eigenvalue weighted by Gasteiger charge is -2.30. The molecule has 0 aromatic heterocycles. The Hall–Kier alpha value is -2.24. The molecular formula is C18H24N2O4. The molecule has 6 nitrogen and oxygen atoms in total. The molecule has 2 amide bonds. The van der Waals surface area contributed by atoms with Gasteiger partial charge in [-0.1, -0.05) is 6.07 Å². The first kappa shape index (κ1) is 16.6. The fourth-order valence-electron chi connectivity index (χ4n) is 3.41. The zero-order valence-corrected chi connectivity index (χ0v) is 13.7. The first-order valence-corrected chi connectivity index (χ1v) is 8.67. The summed E-state index contributed by atoms with van der Waals surface area (Å²) in [5, 5.41) is 12.0. The van der Waals surface area contributed by atoms with Crippen molar-refractivity contribution in [3.05, 3.63) is 24.3 Å². The summed E-state index contributed by atoms with van der Waals surface area (Å²) in [5.41, 5.74) is 0.674. The van der Waals surface area contributed by atoms with E-state index in [1.807, 2.05) is 24.3 Å². The van der Waals surface area contributed by atoms with Crippen LogP contribution >= 0.6 is 0 Å². The van der Waals surface area contributed by atoms with Gasteiger partial charge in [-0.15, -0.1) is 0 Å². The normalized spacial score (nSPS) is 21.5. The van der Waals surface area contributed by atoms with Crippen molar-refractivity contribution in [2.24, 2.45) is 5.92 Å². The molecule has 2 aliphatic rings. The molecule has 1 unspecified atom stereocenters. The summed E-state index contributed by atoms with van der Waals surface area (Å²) in [6.07, 6.45) is 6.21. The van der Waals surface area contributed by atoms with Gasteiger partial charge in [0.15, 0.2) is 0 Å². The van der Waals surface area contributed by atoms with Crippen LogP contribution in [0.1, 0.15) is 38.5 Å². The first-order valence-electron chi connectivity index (χ1n) is 8.67. The Kier molecular flexibility index (Phi) is 5.23. The Morgan fingerprint density at radius 2 is 1.96 bits per heavy atom. The zero-order chi connectivity index (χ0) is 16.9. The van der Waals surface area contributed by atoms with Crippen molar-refractivity contribution < 1.29 is 19.4 Å². The Morgan fingerprint density at radius 3 is 2.71 bits per heavy atom. The number of hydrogen-bond acceptors (Lipinski definition) is 3. The lowest BCUT2D eigenvalue weighted by molar-refractivity contribution is -0.143. The SMILES string of the molecule is O=C(O)C1CCCN(C(=O)Nc2cccc(OC3CCCC3)c2)C1. The number of nitrogens with zero attached hydrogens (tertiary/aromatic N) is 1. The maximum absolute atomic E-state index is 12.4. The Balaban J connectivity index is 1.58. The average molecular weight is 332 g/mol. The van der Waals surface area contributed by atoms with E-state index in [2.05, 4.69) is 5.32 Å². The van der Waals surface area contributed by atoms with E-state index in [1.54, 1.807) is 4.90 Å². The van der Waals surface area contributed by atoms with Crippen molar-refractivity contribution in [2.75, 3.05) is 18.4 Å². The number of urea groups is 1. The van der Waals surface area contributed by atoms with Crippen LogP contribution < -0.4 is 10.1 Å². The van der Waals surface area contributed by atoms with Crippen LogP contribution in [0, 0.1) is 5.92 Å². The van der Waals surface area contributed by atoms with Gasteiger partial charge in [-0.2, -0.15) is 0 Å². The van der Waals surface area contributed by atoms with E-state index in [9.17, 15) is 9.59 Å². The quantitative estimate of drug-likeness (QED) is 0.886. The van der Waals surface area contributed by atoms with E-state index >= 15 is 0 Å². The average Bonchev–Trinajstić information content (AvgIpc) is 3.08. The summed E-state index contributed by atoms with van der Waals surface area (Å²) < 4.78 is 5.95. The fraction of sp³-hybridized carbons (Fsp3) is 0.556. The van der Waals surface area contributed by atoms with Crippen LogP contribution in [0.15, 0.2) is 24.3 Å². The predicted octanol–water partition coefficient (Wildman–Crippen LogP) is 3.34. The number of amides is 2. The van der Waals surface area contributed by atoms with Crippen LogP contribution in [0.25, 0.3) is 0 Å². The molecule has 6 heteroatoms. The van der Waals surface area contributed by atoms with Crippen LogP contribution in [0.2, 0.25) is 0 Å². The topological polar surface area (TPSA) is 78.9 Å². The third-order valence-electron chi connectivity index (χ3n) is 4.75. The number of anilines is 1. The molecule has 130 valence electrons. The number of rotatable bonds is 4. The van der Waals surface area contributed by atoms with Gasteiger partial charge in [0.1, 0.15) is 5.75 Å². The van der Waals surface area contributed by atoms with Gasteiger partial charge in [-0.25, -0.2) is 4.79 Å². The highest BCUT2D eigenvalue weighted by Gasteiger charge is 2.28. The predicted molar refractivity (Wildman–Crippen MR) is 90.3 cm³/mol. The highest BCUT2D eigenvalue weighted by molar-refractivity contribution is 5.90. The number of aliphatic carboxylic acids is 1. The number of ether oxygens (including phenoxy) is 1. The number of carboxylic acid groups (broad SMARTS) is 1. The van der Waals surface area contributed by atoms with Gasteiger partial charge < -0.3 is 20.1 Å². The monoisotopic (exact) mass is 332 g/mol. The summed E-state index contributed by atoms with van der Waals surface area (Å²) in [4.78, 5) is 25.1. The van der Waals surface area contributed by atoms with Crippen molar-refractivity contribution in [1.82, 2.24) is 4.90 Å². The molecule has 1 aromatic carbocycles. The summed E-state index contributed by atoms with van der Waals surface area (Å²) in [6, 6.07) is 7.15. The van der Waals surface area contributed by atoms with Crippen LogP contribution in [0.5, 0.6) is 5.75 Å². The van der Waals surface area contributed by atoms with Gasteiger partial charge in [-0.3, -0.25) is 4.79 Å². The summed E-state index contributed by atoms with van der Waals surface area (Å²) >= 11 is 0. The third-order valence-corrected chi connectivity index (χ3v) is 4.75. The molecule has 1 heterocycles. The maximum atomic E-state index is 12.4. The molecule has 1 saturated carbocycles. The number of carboxylic acids is 1. The molecule has 1 aromatic rings. The Morgan fingerprint density at radius 1 is 1.17 bits per heavy atom. The zero-order valence-electron chi connectivity index (χ0n) is 13.7. The number of likely N-dealkylation sites (tertiary alicyclic amines) is 1. The minimum Gasteiger partial charge on any atom is -0.490 e. The minimum atomic E-state index is -0.834. The molecule has 1 atom stereocenters. The smallest absolute Gasteiger partial charge is 0.321 e. The van der Waals surface area contributed by atoms with Gasteiger partial charge >= 0.3 is 12.0 Å². The second-order valence-electron chi connectivity index (χ2n) is 6.61. The van der Waals surface area contributed by atoms with Crippen LogP contribution in [0.4, 0.5) is 10.5 Å². The van der Waals surface area contributed by atoms with E-state index in [0.29, 0.717) is 18.7 Å². The lowest BCUT2D eigenvalue weighted by atomic mass is 9.99. The molecule has 2 fully saturated rings. The number of benzene rings is 1. The molecule has 1 aliphatic heterocycles. The van der Waals surface area contributed by atoms with Gasteiger partial charge in [-0.05, 0) is 50.7 Å². The Labute approximate surface area is 141 Å². The van der Waals surface area contributed by atoms with Gasteiger partial charge in [0.25, 0.3) is 0 Å². The molecule has 2 N–H and O–H groups in total. The Bertz CT molecular complexity index is 598. The first-order chi connectivity index (χ1) is 11.6. The van der Waals surface area contributed by atoms with Gasteiger partial charge in [0, 0.05) is 24.8 Å². The molecular weight excluding hydrogens is 308 g/mol. The number of nitrogens with one attached hydrogen (secondary N) is 1. The van der Waals surface area contributed by atoms with Crippen molar-refractivity contribution in [2.45, 2.75) is 44.6 Å². The van der Waals surface area contributed by atoms with Crippen LogP contribution in [0.3, 0.4) is 0 Å². The highest BCUT2D eigenvalue weighted by atomic mass is 16.5. The van der Waals surface area contributed by atoms with E-state index in [-0.39, 0.29) is 18.7 Å². The summed E-state index contributed by atoms with van der Waals surface area (Å²) in [7, 11) is 0. The summed E-state index contributed by atoms with van der Waals surface area (Å²) in [6.45, 7) is 0.854. The summed E-state index contributed by atoms with van der Waals surface area (Å²) in [5.74, 6) is -0.539. The number of carbonyl (C=O) groups is 2. The number of hydrogen-bond donors (Lipinski definition) is 2. The molecule has 3 rings (SSSR count). The molecule has 1 aliphatic carbocycles. The largest absolute Gasteiger partial charge is 0.490 e. The van der Waals surface area contributed by atoms with Crippen molar-refractivity contribution >= 4 is 17.7 Å². The number of carbonyl (C=O) groups excluding carboxylic acids is 1. The van der Waals surface area contributed by atoms with Crippen LogP contribution in [-0.4, -0.2) is 41.2 Å². The molecule has 1 saturated heterocycles. The van der Waals surface area contributed by atoms with Crippen molar-refractivity contribution in [3.63, 3.8) is 0 Å². The second-order valence-corrected chi connectivity index (χ2v) is 6.61. The van der Waals surface area contributed by atoms with Gasteiger partial charge in [0.2, 0.25) is 0 Å². The molecule has 0 spiro atoms. The third kappa shape index (κ3) is 4.19. The molecule has 24 heavy (non-hydrogen) atoms. The van der Waals surface area contributed by atoms with Gasteiger partial charge in [0.05, 0.1) is 12.0 Å². The molecule has 0 radical (unpaired) electrons. The fourth-order valence-corrected chi connectivity index (χ4v) is 3.41. The van der Waals surface area contributed by atoms with E-state index in [0.717, 1.165) is 25.0 Å². The maximum Gasteiger partial charge on any atom is 0.321 e. The lowest BCUT2D eigenvalue weighted by Crippen LogP contribution is -2.44. The molecule has 0 bridgehead atoms. The van der Waals surface area contributed by atoms with Crippen molar-refractivity contribution in [3.8, 4) is 5.75 Å². The van der Waals surface area contributed by atoms with E-state index in [1.165, 1.54) is 12.8 Å².